The maximum Gasteiger partial charge on any atom is 0.165 e. The van der Waals surface area contributed by atoms with E-state index in [1.807, 2.05) is 54.6 Å². The molecule has 8 nitrogen and oxygen atoms in total. The van der Waals surface area contributed by atoms with E-state index in [1.165, 1.54) is 67.7 Å². The summed E-state index contributed by atoms with van der Waals surface area (Å²) in [6.45, 7) is 17.5. The van der Waals surface area contributed by atoms with E-state index >= 15 is 0 Å². The monoisotopic (exact) mass is 848 g/mol. The van der Waals surface area contributed by atoms with E-state index in [1.54, 1.807) is 0 Å². The normalized spacial score (nSPS) is 18.2. The lowest BCUT2D eigenvalue weighted by atomic mass is 9.83. The number of thiazole rings is 2. The summed E-state index contributed by atoms with van der Waals surface area (Å²) in [5.41, 5.74) is 13.5. The highest BCUT2D eigenvalue weighted by atomic mass is 32.1. The van der Waals surface area contributed by atoms with Gasteiger partial charge in [0, 0.05) is 57.7 Å². The van der Waals surface area contributed by atoms with Gasteiger partial charge in [0.2, 0.25) is 0 Å². The van der Waals surface area contributed by atoms with E-state index in [2.05, 4.69) is 129 Å². The molecule has 4 aliphatic heterocycles. The van der Waals surface area contributed by atoms with E-state index in [0.717, 1.165) is 64.8 Å². The van der Waals surface area contributed by atoms with E-state index in [0.29, 0.717) is 9.33 Å². The smallest absolute Gasteiger partial charge is 0.165 e. The van der Waals surface area contributed by atoms with Crippen molar-refractivity contribution in [2.24, 2.45) is 0 Å². The van der Waals surface area contributed by atoms with Crippen molar-refractivity contribution in [2.45, 2.75) is 90.4 Å². The van der Waals surface area contributed by atoms with Gasteiger partial charge in [0.25, 0.3) is 0 Å². The SMILES string of the molecule is CC(C)(C)c1nc(=C(C#N)C#N)s/c1=C\C=C1\N2CCCc3cccc(c32)C1(C)C.CC1(C)/C(=C\C=c2/sc(=C(C#N)C#N)nc2-c2ccccc2)N2CCCc3cccc1c32. The van der Waals surface area contributed by atoms with Crippen LogP contribution in [0.2, 0.25) is 0 Å². The third-order valence-electron chi connectivity index (χ3n) is 12.4. The van der Waals surface area contributed by atoms with Gasteiger partial charge in [-0.3, -0.25) is 0 Å². The Morgan fingerprint density at radius 1 is 0.613 bits per heavy atom. The highest BCUT2D eigenvalue weighted by Gasteiger charge is 2.43. The van der Waals surface area contributed by atoms with Crippen LogP contribution in [0.25, 0.3) is 34.6 Å². The van der Waals surface area contributed by atoms with Gasteiger partial charge in [-0.05, 0) is 72.2 Å². The van der Waals surface area contributed by atoms with Crippen LogP contribution in [0.5, 0.6) is 0 Å². The summed E-state index contributed by atoms with van der Waals surface area (Å²) in [5.74, 6) is 0. The highest BCUT2D eigenvalue weighted by molar-refractivity contribution is 7.08. The molecule has 62 heavy (non-hydrogen) atoms. The highest BCUT2D eigenvalue weighted by Crippen LogP contribution is 2.52. The van der Waals surface area contributed by atoms with Crippen LogP contribution in [0, 0.1) is 45.3 Å². The Morgan fingerprint density at radius 3 is 1.56 bits per heavy atom. The number of hydrogen-bond acceptors (Lipinski definition) is 10. The third-order valence-corrected chi connectivity index (χ3v) is 14.4. The van der Waals surface area contributed by atoms with E-state index in [-0.39, 0.29) is 27.4 Å². The number of rotatable bonds is 3. The first-order chi connectivity index (χ1) is 29.7. The molecule has 0 radical (unpaired) electrons. The fraction of sp³-hybridized carbons (Fsp3) is 0.308. The second-order valence-corrected chi connectivity index (χ2v) is 20.2. The molecule has 5 aromatic rings. The van der Waals surface area contributed by atoms with E-state index < -0.39 is 0 Å². The van der Waals surface area contributed by atoms with Gasteiger partial charge in [-0.25, -0.2) is 9.97 Å². The van der Waals surface area contributed by atoms with Crippen LogP contribution in [-0.4, -0.2) is 23.1 Å². The second kappa shape index (κ2) is 16.4. The number of hydrogen-bond donors (Lipinski definition) is 0. The minimum Gasteiger partial charge on any atom is -0.344 e. The zero-order chi connectivity index (χ0) is 44.0. The van der Waals surface area contributed by atoms with Crippen molar-refractivity contribution >= 4 is 57.3 Å². The minimum atomic E-state index is -0.179. The van der Waals surface area contributed by atoms with Crippen molar-refractivity contribution in [1.29, 1.82) is 21.0 Å². The predicted octanol–water partition coefficient (Wildman–Crippen LogP) is 8.46. The van der Waals surface area contributed by atoms with Gasteiger partial charge in [0.1, 0.15) is 33.6 Å². The van der Waals surface area contributed by atoms with Gasteiger partial charge < -0.3 is 9.80 Å². The second-order valence-electron chi connectivity index (χ2n) is 18.1. The number of allylic oxidation sites excluding steroid dienone is 4. The van der Waals surface area contributed by atoms with Crippen LogP contribution in [0.1, 0.15) is 89.3 Å². The lowest BCUT2D eigenvalue weighted by Gasteiger charge is -2.30. The summed E-state index contributed by atoms with van der Waals surface area (Å²) in [4.78, 5) is 14.3. The predicted molar refractivity (Wildman–Crippen MR) is 251 cm³/mol. The van der Waals surface area contributed by atoms with Crippen LogP contribution < -0.4 is 28.2 Å². The Labute approximate surface area is 372 Å². The van der Waals surface area contributed by atoms with E-state index in [4.69, 9.17) is 0 Å². The van der Waals surface area contributed by atoms with Crippen LogP contribution in [0.15, 0.2) is 90.3 Å². The molecular weight excluding hydrogens is 801 g/mol. The molecule has 0 saturated carbocycles. The molecule has 0 unspecified atom stereocenters. The van der Waals surface area contributed by atoms with Crippen LogP contribution in [0.3, 0.4) is 0 Å². The Hall–Kier alpha value is -6.56. The molecule has 4 aliphatic rings. The Morgan fingerprint density at radius 2 is 1.08 bits per heavy atom. The molecule has 0 atom stereocenters. The topological polar surface area (TPSA) is 127 Å². The summed E-state index contributed by atoms with van der Waals surface area (Å²) in [6, 6.07) is 31.2. The molecule has 0 bridgehead atoms. The summed E-state index contributed by atoms with van der Waals surface area (Å²) in [7, 11) is 0. The largest absolute Gasteiger partial charge is 0.344 e. The van der Waals surface area contributed by atoms with Crippen molar-refractivity contribution in [3.63, 3.8) is 0 Å². The Bertz CT molecular complexity index is 3090. The van der Waals surface area contributed by atoms with Crippen molar-refractivity contribution < 1.29 is 0 Å². The molecule has 6 heterocycles. The number of aryl methyl sites for hydroxylation is 2. The number of nitrogens with zero attached hydrogens (tertiary/aromatic N) is 8. The molecular formula is C52H48N8S2. The molecule has 9 rings (SSSR count). The zero-order valence-electron chi connectivity index (χ0n) is 36.3. The first-order valence-corrected chi connectivity index (χ1v) is 22.7. The van der Waals surface area contributed by atoms with Crippen molar-refractivity contribution in [2.75, 3.05) is 22.9 Å². The molecule has 3 aromatic carbocycles. The average Bonchev–Trinajstić information content (AvgIpc) is 3.99. The molecule has 0 N–H and O–H groups in total. The molecule has 0 fully saturated rings. The zero-order valence-corrected chi connectivity index (χ0v) is 37.9. The molecule has 0 spiro atoms. The van der Waals surface area contributed by atoms with Crippen LogP contribution >= 0.6 is 22.7 Å². The van der Waals surface area contributed by atoms with Gasteiger partial charge >= 0.3 is 0 Å². The van der Waals surface area contributed by atoms with Gasteiger partial charge in [-0.2, -0.15) is 21.0 Å². The minimum absolute atomic E-state index is 0.0498. The Balaban J connectivity index is 0.000000171. The maximum absolute atomic E-state index is 9.35. The molecule has 0 saturated heterocycles. The van der Waals surface area contributed by atoms with Crippen LogP contribution in [0.4, 0.5) is 11.4 Å². The quantitative estimate of drug-likeness (QED) is 0.177. The number of anilines is 2. The van der Waals surface area contributed by atoms with Gasteiger partial charge in [0.05, 0.1) is 20.5 Å². The first kappa shape index (κ1) is 42.1. The fourth-order valence-electron chi connectivity index (χ4n) is 9.33. The van der Waals surface area contributed by atoms with Crippen molar-refractivity contribution in [3.8, 4) is 35.5 Å². The molecule has 0 aliphatic carbocycles. The molecule has 308 valence electrons. The summed E-state index contributed by atoms with van der Waals surface area (Å²) in [5, 5.41) is 37.3. The summed E-state index contributed by atoms with van der Waals surface area (Å²) in [6.07, 6.45) is 13.2. The van der Waals surface area contributed by atoms with Crippen molar-refractivity contribution in [1.82, 2.24) is 9.97 Å². The van der Waals surface area contributed by atoms with Gasteiger partial charge in [-0.1, -0.05) is 115 Å². The maximum atomic E-state index is 9.35. The average molecular weight is 849 g/mol. The van der Waals surface area contributed by atoms with Crippen molar-refractivity contribution in [3.05, 3.63) is 137 Å². The molecule has 0 amide bonds. The molecule has 2 aromatic heterocycles. The lowest BCUT2D eigenvalue weighted by Crippen LogP contribution is -2.29. The lowest BCUT2D eigenvalue weighted by molar-refractivity contribution is 0.568. The Kier molecular flexibility index (Phi) is 11.1. The first-order valence-electron chi connectivity index (χ1n) is 21.1. The van der Waals surface area contributed by atoms with Gasteiger partial charge in [-0.15, -0.1) is 22.7 Å². The number of aromatic nitrogens is 2. The summed E-state index contributed by atoms with van der Waals surface area (Å²) < 4.78 is 2.93. The van der Waals surface area contributed by atoms with Crippen LogP contribution in [-0.2, 0) is 29.1 Å². The summed E-state index contributed by atoms with van der Waals surface area (Å²) >= 11 is 2.82. The van der Waals surface area contributed by atoms with Gasteiger partial charge in [0.15, 0.2) is 11.1 Å². The van der Waals surface area contributed by atoms with E-state index in [9.17, 15) is 21.0 Å². The standard InChI is InChI=1S/C27H22N4S.C25H26N4S/c1-27(2)21-12-6-10-19-11-7-15-31(25(19)21)23(27)14-13-22-24(18-8-4-3-5-9-18)30-26(32-22)20(16-28)17-29;1-24(2,3)22-19(30-23(28-22)17(14-26)15-27)11-12-20-25(4,5)18-10-6-8-16-9-7-13-29(20)21(16)18/h3-6,8-10,12-14H,7,11,15H2,1-2H3;6,8,10-12H,7,9,13H2,1-5H3/b22-13-,23-14+;19-11-,20-12+. The number of para-hydroxylation sites is 2. The number of nitriles is 4. The molecule has 10 heteroatoms. The third kappa shape index (κ3) is 7.35. The fourth-order valence-corrected chi connectivity index (χ4v) is 11.4. The number of benzene rings is 3.